The lowest BCUT2D eigenvalue weighted by Crippen LogP contribution is -2.50. The average molecular weight is 540 g/mol. The smallest absolute Gasteiger partial charge is 0.247 e. The Bertz CT molecular complexity index is 1280. The van der Waals surface area contributed by atoms with Crippen molar-refractivity contribution in [3.05, 3.63) is 53.9 Å². The van der Waals surface area contributed by atoms with Gasteiger partial charge in [0.25, 0.3) is 0 Å². The van der Waals surface area contributed by atoms with Crippen LogP contribution in [0.5, 0.6) is 5.75 Å². The van der Waals surface area contributed by atoms with Crippen molar-refractivity contribution < 1.29 is 23.1 Å². The van der Waals surface area contributed by atoms with Crippen molar-refractivity contribution >= 4 is 15.9 Å². The first kappa shape index (κ1) is 28.1. The van der Waals surface area contributed by atoms with E-state index in [1.54, 1.807) is 49.5 Å². The van der Waals surface area contributed by atoms with Crippen LogP contribution in [0.3, 0.4) is 0 Å². The summed E-state index contributed by atoms with van der Waals surface area (Å²) in [5.74, 6) is 6.81. The summed E-state index contributed by atoms with van der Waals surface area (Å²) in [6, 6.07) is 7.97. The minimum Gasteiger partial charge on any atom is -0.487 e. The van der Waals surface area contributed by atoms with Crippen LogP contribution in [-0.2, 0) is 21.2 Å². The minimum atomic E-state index is -3.93. The molecular weight excluding hydrogens is 502 g/mol. The number of aliphatic hydroxyl groups excluding tert-OH is 1. The Kier molecular flexibility index (Phi) is 9.08. The zero-order chi connectivity index (χ0) is 27.3. The highest BCUT2D eigenvalue weighted by Crippen LogP contribution is 2.34. The van der Waals surface area contributed by atoms with Gasteiger partial charge in [0.2, 0.25) is 15.9 Å². The lowest BCUT2D eigenvalue weighted by atomic mass is 10.0. The van der Waals surface area contributed by atoms with Gasteiger partial charge in [0, 0.05) is 49.4 Å². The number of aromatic nitrogens is 1. The highest BCUT2D eigenvalue weighted by molar-refractivity contribution is 7.89. The molecule has 4 rings (SSSR count). The van der Waals surface area contributed by atoms with Crippen molar-refractivity contribution in [2.24, 2.45) is 11.8 Å². The number of carbonyl (C=O) groups excluding carboxylic acids is 1. The van der Waals surface area contributed by atoms with Crippen LogP contribution >= 0.6 is 0 Å². The van der Waals surface area contributed by atoms with Crippen molar-refractivity contribution in [2.45, 2.75) is 63.0 Å². The first-order valence-electron chi connectivity index (χ1n) is 13.3. The normalized spacial score (nSPS) is 22.2. The van der Waals surface area contributed by atoms with Gasteiger partial charge in [0.05, 0.1) is 19.6 Å². The molecule has 2 aliphatic rings. The van der Waals surface area contributed by atoms with Gasteiger partial charge in [-0.25, -0.2) is 8.42 Å². The number of carbonyl (C=O) groups is 1. The average Bonchev–Trinajstić information content (AvgIpc) is 3.43. The maximum atomic E-state index is 13.7. The van der Waals surface area contributed by atoms with E-state index in [0.29, 0.717) is 11.5 Å². The molecule has 3 atom stereocenters. The minimum absolute atomic E-state index is 0.0480. The van der Waals surface area contributed by atoms with Gasteiger partial charge in [0.1, 0.15) is 16.7 Å². The molecule has 0 saturated heterocycles. The summed E-state index contributed by atoms with van der Waals surface area (Å²) in [6.45, 7) is 3.73. The summed E-state index contributed by atoms with van der Waals surface area (Å²) >= 11 is 0. The number of hydrogen-bond donors (Lipinski definition) is 1. The molecule has 1 amide bonds. The van der Waals surface area contributed by atoms with Crippen LogP contribution in [0.15, 0.2) is 47.6 Å². The molecule has 204 valence electrons. The van der Waals surface area contributed by atoms with Gasteiger partial charge in [-0.1, -0.05) is 31.6 Å². The second-order valence-electron chi connectivity index (χ2n) is 10.5. The third kappa shape index (κ3) is 6.55. The summed E-state index contributed by atoms with van der Waals surface area (Å²) < 4.78 is 35.1. The van der Waals surface area contributed by atoms with Gasteiger partial charge in [0.15, 0.2) is 0 Å². The molecule has 1 aliphatic heterocycles. The van der Waals surface area contributed by atoms with Crippen molar-refractivity contribution in [3.63, 3.8) is 0 Å². The molecule has 0 radical (unpaired) electrons. The number of rotatable bonds is 6. The SMILES string of the molecule is C[C@H]1CN([C@@H](C)CO)S(=O)(=O)c2ccc(C#CC3CCCC3)cc2O[C@H]1CN(C)C(=O)Cc1ccncc1. The summed E-state index contributed by atoms with van der Waals surface area (Å²) in [5, 5.41) is 9.84. The van der Waals surface area contributed by atoms with Crippen LogP contribution in [0, 0.1) is 23.7 Å². The summed E-state index contributed by atoms with van der Waals surface area (Å²) in [6.07, 6.45) is 7.65. The van der Waals surface area contributed by atoms with Crippen LogP contribution < -0.4 is 4.74 Å². The number of pyridine rings is 1. The van der Waals surface area contributed by atoms with Crippen molar-refractivity contribution in [1.29, 1.82) is 0 Å². The third-order valence-electron chi connectivity index (χ3n) is 7.43. The molecule has 1 N–H and O–H groups in total. The van der Waals surface area contributed by atoms with Crippen molar-refractivity contribution in [3.8, 4) is 17.6 Å². The third-order valence-corrected chi connectivity index (χ3v) is 9.45. The maximum Gasteiger partial charge on any atom is 0.247 e. The number of ether oxygens (including phenoxy) is 1. The number of fused-ring (bicyclic) bond motifs is 1. The molecule has 9 heteroatoms. The zero-order valence-electron chi connectivity index (χ0n) is 22.3. The van der Waals surface area contributed by atoms with E-state index in [9.17, 15) is 18.3 Å². The predicted octanol–water partition coefficient (Wildman–Crippen LogP) is 3.09. The Hall–Kier alpha value is -2.93. The van der Waals surface area contributed by atoms with E-state index in [1.807, 2.05) is 19.1 Å². The summed E-state index contributed by atoms with van der Waals surface area (Å²) in [7, 11) is -2.20. The quantitative estimate of drug-likeness (QED) is 0.567. The number of benzene rings is 1. The van der Waals surface area contributed by atoms with E-state index in [0.717, 1.165) is 18.4 Å². The molecule has 1 aromatic carbocycles. The van der Waals surface area contributed by atoms with Gasteiger partial charge < -0.3 is 14.7 Å². The topological polar surface area (TPSA) is 100 Å². The molecule has 1 aliphatic carbocycles. The van der Waals surface area contributed by atoms with E-state index in [-0.39, 0.29) is 48.6 Å². The fraction of sp³-hybridized carbons (Fsp3) is 0.517. The molecule has 1 aromatic heterocycles. The molecule has 1 saturated carbocycles. The molecule has 8 nitrogen and oxygen atoms in total. The van der Waals surface area contributed by atoms with Crippen LogP contribution in [0.4, 0.5) is 0 Å². The Morgan fingerprint density at radius 3 is 2.63 bits per heavy atom. The fourth-order valence-corrected chi connectivity index (χ4v) is 6.78. The molecule has 2 aromatic rings. The van der Waals surface area contributed by atoms with Crippen LogP contribution in [0.2, 0.25) is 0 Å². The molecule has 0 bridgehead atoms. The maximum absolute atomic E-state index is 13.7. The largest absolute Gasteiger partial charge is 0.487 e. The van der Waals surface area contributed by atoms with Gasteiger partial charge in [-0.3, -0.25) is 9.78 Å². The van der Waals surface area contributed by atoms with Crippen LogP contribution in [0.25, 0.3) is 0 Å². The monoisotopic (exact) mass is 539 g/mol. The first-order chi connectivity index (χ1) is 18.2. The molecule has 2 heterocycles. The van der Waals surface area contributed by atoms with Crippen LogP contribution in [-0.4, -0.2) is 72.5 Å². The Morgan fingerprint density at radius 2 is 1.95 bits per heavy atom. The molecular formula is C29H37N3O5S. The van der Waals surface area contributed by atoms with E-state index in [4.69, 9.17) is 4.74 Å². The number of aliphatic hydroxyl groups is 1. The highest BCUT2D eigenvalue weighted by Gasteiger charge is 2.38. The second-order valence-corrected chi connectivity index (χ2v) is 12.3. The number of likely N-dealkylation sites (N-methyl/N-ethyl adjacent to an activating group) is 1. The zero-order valence-corrected chi connectivity index (χ0v) is 23.2. The second kappa shape index (κ2) is 12.3. The number of amides is 1. The van der Waals surface area contributed by atoms with Crippen LogP contribution in [0.1, 0.15) is 50.7 Å². The highest BCUT2D eigenvalue weighted by atomic mass is 32.2. The molecule has 1 fully saturated rings. The molecule has 0 unspecified atom stereocenters. The van der Waals surface area contributed by atoms with Gasteiger partial charge in [-0.15, -0.1) is 0 Å². The lowest BCUT2D eigenvalue weighted by molar-refractivity contribution is -0.130. The number of hydrogen-bond acceptors (Lipinski definition) is 6. The van der Waals surface area contributed by atoms with E-state index in [1.165, 1.54) is 17.1 Å². The van der Waals surface area contributed by atoms with Crippen molar-refractivity contribution in [1.82, 2.24) is 14.2 Å². The summed E-state index contributed by atoms with van der Waals surface area (Å²) in [4.78, 5) is 18.6. The van der Waals surface area contributed by atoms with Gasteiger partial charge >= 0.3 is 0 Å². The lowest BCUT2D eigenvalue weighted by Gasteiger charge is -2.37. The standard InChI is InChI=1S/C29H37N3O5S/c1-21-18-32(22(2)20-33)38(35,36)28-11-10-24(9-8-23-6-4-5-7-23)16-26(28)37-27(21)19-31(3)29(34)17-25-12-14-30-15-13-25/h10-16,21-23,27,33H,4-7,17-20H2,1-3H3/t21-,22-,27-/m0/s1. The van der Waals surface area contributed by atoms with Crippen molar-refractivity contribution in [2.75, 3.05) is 26.7 Å². The number of sulfonamides is 1. The first-order valence-corrected chi connectivity index (χ1v) is 14.7. The summed E-state index contributed by atoms with van der Waals surface area (Å²) in [5.41, 5.74) is 1.56. The molecule has 0 spiro atoms. The van der Waals surface area contributed by atoms with E-state index >= 15 is 0 Å². The predicted molar refractivity (Wildman–Crippen MR) is 145 cm³/mol. The Balaban J connectivity index is 1.64. The van der Waals surface area contributed by atoms with Gasteiger partial charge in [-0.05, 0) is 55.7 Å². The van der Waals surface area contributed by atoms with E-state index < -0.39 is 22.2 Å². The number of nitrogens with zero attached hydrogens (tertiary/aromatic N) is 3. The fourth-order valence-electron chi connectivity index (χ4n) is 4.96. The van der Waals surface area contributed by atoms with Gasteiger partial charge in [-0.2, -0.15) is 4.31 Å². The Labute approximate surface area is 226 Å². The molecule has 38 heavy (non-hydrogen) atoms. The van der Waals surface area contributed by atoms with E-state index in [2.05, 4.69) is 16.8 Å². The Morgan fingerprint density at radius 1 is 1.24 bits per heavy atom.